The zero-order chi connectivity index (χ0) is 6.57. The molecule has 0 rings (SSSR count). The Morgan fingerprint density at radius 2 is 2.50 bits per heavy atom. The molecule has 0 fully saturated rings. The molecule has 8 heavy (non-hydrogen) atoms. The summed E-state index contributed by atoms with van der Waals surface area (Å²) < 4.78 is 0. The number of nitrogens with two attached hydrogens (primary N) is 1. The molecule has 0 aliphatic heterocycles. The van der Waals surface area contributed by atoms with Gasteiger partial charge in [-0.2, -0.15) is 12.6 Å². The normalized spacial score (nSPS) is 12.8. The van der Waals surface area contributed by atoms with Gasteiger partial charge >= 0.3 is 0 Å². The number of carbonyl (C=O) groups excluding carboxylic acids is 1. The van der Waals surface area contributed by atoms with Crippen molar-refractivity contribution in [3.8, 4) is 0 Å². The van der Waals surface area contributed by atoms with Crippen LogP contribution in [0.3, 0.4) is 0 Å². The first-order chi connectivity index (χ1) is 3.72. The van der Waals surface area contributed by atoms with Crippen LogP contribution in [0.2, 0.25) is 0 Å². The third-order valence-corrected chi connectivity index (χ3v) is 1.16. The Morgan fingerprint density at radius 1 is 2.00 bits per heavy atom. The van der Waals surface area contributed by atoms with Gasteiger partial charge in [-0.05, 0) is 6.08 Å². The zero-order valence-corrected chi connectivity index (χ0v) is 5.40. The second kappa shape index (κ2) is 3.69. The number of ketones is 1. The highest BCUT2D eigenvalue weighted by Gasteiger charge is 2.04. The summed E-state index contributed by atoms with van der Waals surface area (Å²) in [5.41, 5.74) is 5.23. The molecule has 0 aliphatic carbocycles. The molecule has 2 nitrogen and oxygen atoms in total. The Morgan fingerprint density at radius 3 is 2.62 bits per heavy atom. The molecule has 0 bridgehead atoms. The van der Waals surface area contributed by atoms with Gasteiger partial charge in [0, 0.05) is 5.75 Å². The van der Waals surface area contributed by atoms with E-state index in [1.165, 1.54) is 6.08 Å². The lowest BCUT2D eigenvalue weighted by molar-refractivity contribution is -0.115. The SMILES string of the molecule is C=CC(=O)[C@@H](N)CS. The van der Waals surface area contributed by atoms with Crippen LogP contribution in [0.25, 0.3) is 0 Å². The van der Waals surface area contributed by atoms with E-state index in [1.807, 2.05) is 0 Å². The predicted molar refractivity (Wildman–Crippen MR) is 37.0 cm³/mol. The van der Waals surface area contributed by atoms with Crippen LogP contribution >= 0.6 is 12.6 Å². The molecule has 0 aliphatic rings. The molecule has 0 amide bonds. The van der Waals surface area contributed by atoms with Crippen molar-refractivity contribution in [2.45, 2.75) is 6.04 Å². The highest BCUT2D eigenvalue weighted by molar-refractivity contribution is 7.80. The number of hydrogen-bond acceptors (Lipinski definition) is 3. The number of thiol groups is 1. The fourth-order valence-electron chi connectivity index (χ4n) is 0.241. The first-order valence-corrected chi connectivity index (χ1v) is 2.88. The third kappa shape index (κ3) is 2.14. The average molecular weight is 131 g/mol. The van der Waals surface area contributed by atoms with Gasteiger partial charge in [0.05, 0.1) is 6.04 Å². The van der Waals surface area contributed by atoms with Crippen LogP contribution in [0.15, 0.2) is 12.7 Å². The lowest BCUT2D eigenvalue weighted by Gasteiger charge is -1.99. The highest BCUT2D eigenvalue weighted by atomic mass is 32.1. The molecule has 2 N–H and O–H groups in total. The summed E-state index contributed by atoms with van der Waals surface area (Å²) in [6, 6.07) is -0.476. The zero-order valence-electron chi connectivity index (χ0n) is 4.50. The molecule has 0 aromatic heterocycles. The van der Waals surface area contributed by atoms with Crippen LogP contribution in [0.5, 0.6) is 0 Å². The van der Waals surface area contributed by atoms with Crippen molar-refractivity contribution in [1.82, 2.24) is 0 Å². The minimum Gasteiger partial charge on any atom is -0.321 e. The first-order valence-electron chi connectivity index (χ1n) is 2.25. The van der Waals surface area contributed by atoms with Gasteiger partial charge in [0.1, 0.15) is 0 Å². The standard InChI is InChI=1S/C5H9NOS/c1-2-5(7)4(6)3-8/h2,4,8H,1,3,6H2/t4-/m0/s1. The van der Waals surface area contributed by atoms with E-state index in [9.17, 15) is 4.79 Å². The van der Waals surface area contributed by atoms with E-state index in [2.05, 4.69) is 19.2 Å². The van der Waals surface area contributed by atoms with E-state index >= 15 is 0 Å². The molecule has 0 spiro atoms. The smallest absolute Gasteiger partial charge is 0.172 e. The summed E-state index contributed by atoms with van der Waals surface area (Å²) in [7, 11) is 0. The van der Waals surface area contributed by atoms with Crippen LogP contribution in [0.1, 0.15) is 0 Å². The Balaban J connectivity index is 3.62. The van der Waals surface area contributed by atoms with Crippen molar-refractivity contribution >= 4 is 18.4 Å². The van der Waals surface area contributed by atoms with Crippen molar-refractivity contribution < 1.29 is 4.79 Å². The van der Waals surface area contributed by atoms with Crippen LogP contribution in [-0.4, -0.2) is 17.6 Å². The maximum atomic E-state index is 10.5. The second-order valence-corrected chi connectivity index (χ2v) is 1.76. The molecule has 3 heteroatoms. The van der Waals surface area contributed by atoms with Crippen molar-refractivity contribution in [3.63, 3.8) is 0 Å². The van der Waals surface area contributed by atoms with Crippen LogP contribution < -0.4 is 5.73 Å². The molecule has 0 saturated heterocycles. The third-order valence-electron chi connectivity index (χ3n) is 0.763. The predicted octanol–water partition coefficient (Wildman–Crippen LogP) is -0.00140. The molecular weight excluding hydrogens is 122 g/mol. The van der Waals surface area contributed by atoms with Crippen LogP contribution in [0.4, 0.5) is 0 Å². The Labute approximate surface area is 54.2 Å². The van der Waals surface area contributed by atoms with Gasteiger partial charge < -0.3 is 5.73 Å². The minimum atomic E-state index is -0.476. The lowest BCUT2D eigenvalue weighted by atomic mass is 10.2. The number of rotatable bonds is 3. The van der Waals surface area contributed by atoms with Gasteiger partial charge in [0.2, 0.25) is 0 Å². The van der Waals surface area contributed by atoms with Crippen molar-refractivity contribution in [2.24, 2.45) is 5.73 Å². The van der Waals surface area contributed by atoms with Crippen molar-refractivity contribution in [3.05, 3.63) is 12.7 Å². The van der Waals surface area contributed by atoms with E-state index < -0.39 is 6.04 Å². The Hall–Kier alpha value is -0.280. The van der Waals surface area contributed by atoms with Gasteiger partial charge in [-0.3, -0.25) is 4.79 Å². The number of hydrogen-bond donors (Lipinski definition) is 2. The average Bonchev–Trinajstić information content (AvgIpc) is 1.84. The second-order valence-electron chi connectivity index (χ2n) is 1.40. The molecule has 0 radical (unpaired) electrons. The molecule has 0 aromatic rings. The molecule has 0 aromatic carbocycles. The molecule has 1 atom stereocenters. The Kier molecular flexibility index (Phi) is 3.56. The van der Waals surface area contributed by atoms with Gasteiger partial charge in [0.25, 0.3) is 0 Å². The van der Waals surface area contributed by atoms with Crippen molar-refractivity contribution in [1.29, 1.82) is 0 Å². The van der Waals surface area contributed by atoms with Gasteiger partial charge in [-0.15, -0.1) is 0 Å². The first kappa shape index (κ1) is 7.72. The van der Waals surface area contributed by atoms with E-state index in [0.717, 1.165) is 0 Å². The summed E-state index contributed by atoms with van der Waals surface area (Å²) in [4.78, 5) is 10.5. The molecule has 0 heterocycles. The lowest BCUT2D eigenvalue weighted by Crippen LogP contribution is -2.30. The van der Waals surface area contributed by atoms with E-state index in [-0.39, 0.29) is 5.78 Å². The molecular formula is C5H9NOS. The summed E-state index contributed by atoms with van der Waals surface area (Å²) in [5.74, 6) is 0.227. The maximum Gasteiger partial charge on any atom is 0.172 e. The number of carbonyl (C=O) groups is 1. The van der Waals surface area contributed by atoms with Crippen molar-refractivity contribution in [2.75, 3.05) is 5.75 Å². The molecule has 46 valence electrons. The largest absolute Gasteiger partial charge is 0.321 e. The molecule has 0 unspecified atom stereocenters. The Bertz CT molecular complexity index is 103. The highest BCUT2D eigenvalue weighted by Crippen LogP contribution is 1.85. The van der Waals surface area contributed by atoms with Crippen LogP contribution in [-0.2, 0) is 4.79 Å². The summed E-state index contributed by atoms with van der Waals surface area (Å²) in [6.45, 7) is 3.27. The molecule has 0 saturated carbocycles. The van der Waals surface area contributed by atoms with Crippen LogP contribution in [0, 0.1) is 0 Å². The van der Waals surface area contributed by atoms with E-state index in [1.54, 1.807) is 0 Å². The topological polar surface area (TPSA) is 43.1 Å². The summed E-state index contributed by atoms with van der Waals surface area (Å²) in [6.07, 6.45) is 1.21. The summed E-state index contributed by atoms with van der Waals surface area (Å²) in [5, 5.41) is 0. The van der Waals surface area contributed by atoms with Gasteiger partial charge in [-0.1, -0.05) is 6.58 Å². The minimum absolute atomic E-state index is 0.153. The van der Waals surface area contributed by atoms with Gasteiger partial charge in [0.15, 0.2) is 5.78 Å². The monoisotopic (exact) mass is 131 g/mol. The fourth-order valence-corrected chi connectivity index (χ4v) is 0.421. The summed E-state index contributed by atoms with van der Waals surface area (Å²) >= 11 is 3.82. The maximum absolute atomic E-state index is 10.5. The van der Waals surface area contributed by atoms with E-state index in [0.29, 0.717) is 5.75 Å². The quantitative estimate of drug-likeness (QED) is 0.418. The fraction of sp³-hybridized carbons (Fsp3) is 0.400. The van der Waals surface area contributed by atoms with E-state index in [4.69, 9.17) is 5.73 Å². The van der Waals surface area contributed by atoms with Gasteiger partial charge in [-0.25, -0.2) is 0 Å².